The minimum absolute atomic E-state index is 0.0725. The van der Waals surface area contributed by atoms with E-state index in [0.29, 0.717) is 37.1 Å². The van der Waals surface area contributed by atoms with Crippen molar-refractivity contribution in [2.75, 3.05) is 32.8 Å². The predicted molar refractivity (Wildman–Crippen MR) is 93.4 cm³/mol. The monoisotopic (exact) mass is 394 g/mol. The number of hydrogen-bond donors (Lipinski definition) is 0. The predicted octanol–water partition coefficient (Wildman–Crippen LogP) is 2.17. The summed E-state index contributed by atoms with van der Waals surface area (Å²) < 4.78 is 31.1. The maximum atomic E-state index is 13.1. The number of amides is 2. The molecule has 0 bridgehead atoms. The molecular formula is C18H16F2N2O4S. The molecule has 0 unspecified atom stereocenters. The Morgan fingerprint density at radius 1 is 1.00 bits per heavy atom. The van der Waals surface area contributed by atoms with Gasteiger partial charge in [-0.25, -0.2) is 13.6 Å². The molecule has 0 saturated carbocycles. The lowest BCUT2D eigenvalue weighted by atomic mass is 10.2. The van der Waals surface area contributed by atoms with Gasteiger partial charge in [0.05, 0.1) is 10.4 Å². The van der Waals surface area contributed by atoms with Crippen molar-refractivity contribution < 1.29 is 27.9 Å². The average Bonchev–Trinajstić information content (AvgIpc) is 3.19. The molecule has 3 rings (SSSR count). The van der Waals surface area contributed by atoms with Gasteiger partial charge < -0.3 is 14.5 Å². The van der Waals surface area contributed by atoms with Crippen LogP contribution in [-0.2, 0) is 9.53 Å². The molecule has 9 heteroatoms. The van der Waals surface area contributed by atoms with E-state index in [1.165, 1.54) is 16.2 Å². The Labute approximate surface area is 157 Å². The zero-order chi connectivity index (χ0) is 19.4. The number of carbonyl (C=O) groups excluding carboxylic acids is 3. The van der Waals surface area contributed by atoms with Crippen molar-refractivity contribution >= 4 is 29.1 Å². The largest absolute Gasteiger partial charge is 0.452 e. The van der Waals surface area contributed by atoms with E-state index in [1.807, 2.05) is 5.38 Å². The van der Waals surface area contributed by atoms with Crippen LogP contribution in [0, 0.1) is 11.6 Å². The first kappa shape index (κ1) is 19.0. The fourth-order valence-electron chi connectivity index (χ4n) is 2.69. The molecular weight excluding hydrogens is 378 g/mol. The molecule has 2 heterocycles. The Morgan fingerprint density at radius 2 is 1.63 bits per heavy atom. The van der Waals surface area contributed by atoms with Crippen LogP contribution in [0.5, 0.6) is 0 Å². The van der Waals surface area contributed by atoms with E-state index in [-0.39, 0.29) is 11.5 Å². The second kappa shape index (κ2) is 8.26. The number of rotatable bonds is 4. The van der Waals surface area contributed by atoms with E-state index in [4.69, 9.17) is 4.74 Å². The zero-order valence-electron chi connectivity index (χ0n) is 14.2. The van der Waals surface area contributed by atoms with Crippen molar-refractivity contribution in [3.05, 3.63) is 57.8 Å². The normalized spacial score (nSPS) is 14.1. The zero-order valence-corrected chi connectivity index (χ0v) is 15.0. The van der Waals surface area contributed by atoms with Crippen molar-refractivity contribution in [2.45, 2.75) is 0 Å². The summed E-state index contributed by atoms with van der Waals surface area (Å²) in [4.78, 5) is 40.1. The Morgan fingerprint density at radius 3 is 2.22 bits per heavy atom. The molecule has 1 aromatic carbocycles. The minimum Gasteiger partial charge on any atom is -0.452 e. The first-order chi connectivity index (χ1) is 12.9. The second-order valence-electron chi connectivity index (χ2n) is 5.88. The maximum absolute atomic E-state index is 13.1. The van der Waals surface area contributed by atoms with E-state index in [1.54, 1.807) is 17.0 Å². The van der Waals surface area contributed by atoms with Gasteiger partial charge >= 0.3 is 5.97 Å². The maximum Gasteiger partial charge on any atom is 0.338 e. The van der Waals surface area contributed by atoms with Crippen LogP contribution in [-0.4, -0.2) is 60.4 Å². The summed E-state index contributed by atoms with van der Waals surface area (Å²) in [5.74, 6) is -3.28. The molecule has 0 aliphatic carbocycles. The van der Waals surface area contributed by atoms with E-state index >= 15 is 0 Å². The number of halogens is 2. The molecule has 1 fully saturated rings. The third kappa shape index (κ3) is 4.68. The minimum atomic E-state index is -0.978. The SMILES string of the molecule is O=C(OCC(=O)N1CCN(C(=O)c2cccs2)CC1)c1cc(F)cc(F)c1. The summed E-state index contributed by atoms with van der Waals surface area (Å²) in [7, 11) is 0. The molecule has 1 aliphatic rings. The van der Waals surface area contributed by atoms with Crippen LogP contribution in [0.3, 0.4) is 0 Å². The highest BCUT2D eigenvalue weighted by Crippen LogP contribution is 2.14. The van der Waals surface area contributed by atoms with Gasteiger partial charge in [-0.3, -0.25) is 9.59 Å². The van der Waals surface area contributed by atoms with E-state index in [9.17, 15) is 23.2 Å². The molecule has 0 N–H and O–H groups in total. The fraction of sp³-hybridized carbons (Fsp3) is 0.278. The highest BCUT2D eigenvalue weighted by Gasteiger charge is 2.26. The lowest BCUT2D eigenvalue weighted by molar-refractivity contribution is -0.136. The highest BCUT2D eigenvalue weighted by molar-refractivity contribution is 7.12. The van der Waals surface area contributed by atoms with Crippen molar-refractivity contribution in [1.82, 2.24) is 9.80 Å². The smallest absolute Gasteiger partial charge is 0.338 e. The number of ether oxygens (including phenoxy) is 1. The van der Waals surface area contributed by atoms with Crippen LogP contribution in [0.2, 0.25) is 0 Å². The van der Waals surface area contributed by atoms with E-state index in [2.05, 4.69) is 0 Å². The first-order valence-electron chi connectivity index (χ1n) is 8.18. The summed E-state index contributed by atoms with van der Waals surface area (Å²) in [6.07, 6.45) is 0. The third-order valence-corrected chi connectivity index (χ3v) is 4.93. The third-order valence-electron chi connectivity index (χ3n) is 4.08. The van der Waals surface area contributed by atoms with Crippen molar-refractivity contribution in [3.63, 3.8) is 0 Å². The number of nitrogens with zero attached hydrogens (tertiary/aromatic N) is 2. The van der Waals surface area contributed by atoms with Gasteiger partial charge in [0.2, 0.25) is 0 Å². The lowest BCUT2D eigenvalue weighted by Gasteiger charge is -2.34. The fourth-order valence-corrected chi connectivity index (χ4v) is 3.38. The summed E-state index contributed by atoms with van der Waals surface area (Å²) in [6, 6.07) is 5.87. The van der Waals surface area contributed by atoms with Gasteiger partial charge in [0.25, 0.3) is 11.8 Å². The molecule has 6 nitrogen and oxygen atoms in total. The Hall–Kier alpha value is -2.81. The van der Waals surface area contributed by atoms with Crippen molar-refractivity contribution in [1.29, 1.82) is 0 Å². The van der Waals surface area contributed by atoms with Crippen molar-refractivity contribution in [2.24, 2.45) is 0 Å². The van der Waals surface area contributed by atoms with Gasteiger partial charge in [-0.15, -0.1) is 11.3 Å². The summed E-state index contributed by atoms with van der Waals surface area (Å²) in [5.41, 5.74) is -0.299. The quantitative estimate of drug-likeness (QED) is 0.746. The molecule has 27 heavy (non-hydrogen) atoms. The van der Waals surface area contributed by atoms with Crippen LogP contribution >= 0.6 is 11.3 Å². The number of esters is 1. The molecule has 1 saturated heterocycles. The van der Waals surface area contributed by atoms with Gasteiger partial charge in [-0.2, -0.15) is 0 Å². The summed E-state index contributed by atoms with van der Waals surface area (Å²) in [5, 5.41) is 1.83. The Bertz CT molecular complexity index is 829. The van der Waals surface area contributed by atoms with E-state index < -0.39 is 30.1 Å². The van der Waals surface area contributed by atoms with Gasteiger partial charge in [-0.05, 0) is 23.6 Å². The van der Waals surface area contributed by atoms with Crippen LogP contribution in [0.1, 0.15) is 20.0 Å². The first-order valence-corrected chi connectivity index (χ1v) is 9.06. The van der Waals surface area contributed by atoms with Gasteiger partial charge in [0.1, 0.15) is 11.6 Å². The molecule has 142 valence electrons. The number of hydrogen-bond acceptors (Lipinski definition) is 5. The number of carbonyl (C=O) groups is 3. The number of thiophene rings is 1. The molecule has 1 aromatic heterocycles. The molecule has 2 aromatic rings. The summed E-state index contributed by atoms with van der Waals surface area (Å²) >= 11 is 1.36. The van der Waals surface area contributed by atoms with Gasteiger partial charge in [-0.1, -0.05) is 6.07 Å². The molecule has 0 atom stereocenters. The van der Waals surface area contributed by atoms with Crippen LogP contribution in [0.4, 0.5) is 8.78 Å². The van der Waals surface area contributed by atoms with Gasteiger partial charge in [0, 0.05) is 32.2 Å². The average molecular weight is 394 g/mol. The number of benzene rings is 1. The molecule has 2 amide bonds. The molecule has 0 radical (unpaired) electrons. The highest BCUT2D eigenvalue weighted by atomic mass is 32.1. The topological polar surface area (TPSA) is 66.9 Å². The van der Waals surface area contributed by atoms with Crippen LogP contribution in [0.25, 0.3) is 0 Å². The van der Waals surface area contributed by atoms with Gasteiger partial charge in [0.15, 0.2) is 6.61 Å². The number of piperazine rings is 1. The molecule has 1 aliphatic heterocycles. The standard InChI is InChI=1S/C18H16F2N2O4S/c19-13-8-12(9-14(20)10-13)18(25)26-11-16(23)21-3-5-22(6-4-21)17(24)15-2-1-7-27-15/h1-2,7-10H,3-6,11H2. The van der Waals surface area contributed by atoms with Crippen LogP contribution < -0.4 is 0 Å². The Kier molecular flexibility index (Phi) is 5.80. The lowest BCUT2D eigenvalue weighted by Crippen LogP contribution is -2.51. The van der Waals surface area contributed by atoms with E-state index in [0.717, 1.165) is 12.1 Å². The summed E-state index contributed by atoms with van der Waals surface area (Å²) in [6.45, 7) is 0.872. The van der Waals surface area contributed by atoms with Crippen LogP contribution in [0.15, 0.2) is 35.7 Å². The molecule has 0 spiro atoms. The second-order valence-corrected chi connectivity index (χ2v) is 6.83. The Balaban J connectivity index is 1.48. The van der Waals surface area contributed by atoms with Crippen molar-refractivity contribution in [3.8, 4) is 0 Å².